The molecule has 1 aromatic rings. The van der Waals surface area contributed by atoms with Gasteiger partial charge in [-0.1, -0.05) is 6.07 Å². The summed E-state index contributed by atoms with van der Waals surface area (Å²) in [5, 5.41) is 0. The van der Waals surface area contributed by atoms with Gasteiger partial charge in [0.15, 0.2) is 11.5 Å². The van der Waals surface area contributed by atoms with E-state index in [1.807, 2.05) is 13.2 Å². The van der Waals surface area contributed by atoms with E-state index in [1.165, 1.54) is 12.0 Å². The molecule has 3 rings (SSSR count). The molecule has 25 heavy (non-hydrogen) atoms. The lowest BCUT2D eigenvalue weighted by molar-refractivity contribution is -0.148. The monoisotopic (exact) mass is 349 g/mol. The number of fused-ring (bicyclic) bond motifs is 1. The number of hydrogen-bond donors (Lipinski definition) is 0. The lowest BCUT2D eigenvalue weighted by Crippen LogP contribution is -2.57. The van der Waals surface area contributed by atoms with Crippen LogP contribution in [-0.2, 0) is 15.9 Å². The summed E-state index contributed by atoms with van der Waals surface area (Å²) >= 11 is 0. The van der Waals surface area contributed by atoms with Crippen LogP contribution >= 0.6 is 0 Å². The fraction of sp³-hybridized carbons (Fsp3) is 0.700. The number of ether oxygens (including phenoxy) is 4. The number of nitrogens with zero attached hydrogens (tertiary/aromatic N) is 1. The van der Waals surface area contributed by atoms with Crippen molar-refractivity contribution >= 4 is 0 Å². The fourth-order valence-corrected chi connectivity index (χ4v) is 4.39. The van der Waals surface area contributed by atoms with Crippen LogP contribution in [0.25, 0.3) is 0 Å². The van der Waals surface area contributed by atoms with Crippen molar-refractivity contribution in [2.75, 3.05) is 54.2 Å². The minimum atomic E-state index is 0.169. The lowest BCUT2D eigenvalue weighted by atomic mass is 9.73. The van der Waals surface area contributed by atoms with Crippen molar-refractivity contribution in [3.8, 4) is 11.5 Å². The van der Waals surface area contributed by atoms with Gasteiger partial charge in [0.25, 0.3) is 0 Å². The first-order valence-electron chi connectivity index (χ1n) is 9.24. The number of benzene rings is 1. The van der Waals surface area contributed by atoms with E-state index >= 15 is 0 Å². The van der Waals surface area contributed by atoms with Gasteiger partial charge in [-0.3, -0.25) is 0 Å². The van der Waals surface area contributed by atoms with Gasteiger partial charge >= 0.3 is 0 Å². The minimum Gasteiger partial charge on any atom is -0.493 e. The molecule has 0 spiro atoms. The summed E-state index contributed by atoms with van der Waals surface area (Å²) in [6, 6.07) is 6.20. The Morgan fingerprint density at radius 2 is 2.04 bits per heavy atom. The molecule has 2 heterocycles. The van der Waals surface area contributed by atoms with E-state index in [-0.39, 0.29) is 5.41 Å². The summed E-state index contributed by atoms with van der Waals surface area (Å²) in [7, 11) is 5.16. The maximum absolute atomic E-state index is 6.07. The molecule has 2 saturated heterocycles. The molecule has 140 valence electrons. The van der Waals surface area contributed by atoms with Crippen LogP contribution in [0.15, 0.2) is 18.2 Å². The summed E-state index contributed by atoms with van der Waals surface area (Å²) in [6.45, 7) is 4.92. The molecule has 5 heteroatoms. The molecule has 2 fully saturated rings. The SMILES string of the molecule is COC[C@]12CCCO[C@H]1CCN(CCc1ccc(OC)c(OC)c1)C2. The van der Waals surface area contributed by atoms with Crippen LogP contribution in [0.2, 0.25) is 0 Å². The number of rotatable bonds is 7. The van der Waals surface area contributed by atoms with Gasteiger partial charge in [-0.25, -0.2) is 0 Å². The highest BCUT2D eigenvalue weighted by Gasteiger charge is 2.45. The number of piperidine rings is 1. The summed E-state index contributed by atoms with van der Waals surface area (Å²) in [6.07, 6.45) is 4.82. The third kappa shape index (κ3) is 4.10. The van der Waals surface area contributed by atoms with E-state index in [9.17, 15) is 0 Å². The van der Waals surface area contributed by atoms with Crippen molar-refractivity contribution in [2.24, 2.45) is 5.41 Å². The third-order valence-corrected chi connectivity index (χ3v) is 5.66. The predicted octanol–water partition coefficient (Wildman–Crippen LogP) is 2.76. The zero-order chi connectivity index (χ0) is 17.7. The molecule has 2 aliphatic rings. The first-order chi connectivity index (χ1) is 12.2. The molecule has 0 unspecified atom stereocenters. The molecule has 1 aromatic carbocycles. The van der Waals surface area contributed by atoms with E-state index in [4.69, 9.17) is 18.9 Å². The largest absolute Gasteiger partial charge is 0.493 e. The van der Waals surface area contributed by atoms with Crippen molar-refractivity contribution < 1.29 is 18.9 Å². The van der Waals surface area contributed by atoms with Crippen LogP contribution in [0.1, 0.15) is 24.8 Å². The maximum atomic E-state index is 6.07. The maximum Gasteiger partial charge on any atom is 0.160 e. The zero-order valence-electron chi connectivity index (χ0n) is 15.8. The molecule has 0 aliphatic carbocycles. The van der Waals surface area contributed by atoms with E-state index in [1.54, 1.807) is 14.2 Å². The highest BCUT2D eigenvalue weighted by Crippen LogP contribution is 2.40. The van der Waals surface area contributed by atoms with Crippen molar-refractivity contribution in [1.29, 1.82) is 0 Å². The molecular weight excluding hydrogens is 318 g/mol. The number of likely N-dealkylation sites (tertiary alicyclic amines) is 1. The molecule has 0 aromatic heterocycles. The molecular formula is C20H31NO4. The molecule has 0 radical (unpaired) electrons. The third-order valence-electron chi connectivity index (χ3n) is 5.66. The quantitative estimate of drug-likeness (QED) is 0.757. The standard InChI is InChI=1S/C20H31NO4/c1-22-15-20-9-4-12-25-19(20)8-11-21(14-20)10-7-16-5-6-17(23-2)18(13-16)24-3/h5-6,13,19H,4,7-12,14-15H2,1-3H3/t19-,20+/m0/s1. The first kappa shape index (κ1) is 18.5. The predicted molar refractivity (Wildman–Crippen MR) is 97.6 cm³/mol. The van der Waals surface area contributed by atoms with E-state index in [0.29, 0.717) is 6.10 Å². The summed E-state index contributed by atoms with van der Waals surface area (Å²) < 4.78 is 22.4. The van der Waals surface area contributed by atoms with E-state index in [0.717, 1.165) is 63.6 Å². The topological polar surface area (TPSA) is 40.2 Å². The Morgan fingerprint density at radius 3 is 2.80 bits per heavy atom. The van der Waals surface area contributed by atoms with Gasteiger partial charge in [0, 0.05) is 38.8 Å². The molecule has 0 amide bonds. The van der Waals surface area contributed by atoms with Gasteiger partial charge in [0.05, 0.1) is 26.9 Å². The molecule has 0 N–H and O–H groups in total. The number of methoxy groups -OCH3 is 3. The molecule has 5 nitrogen and oxygen atoms in total. The molecule has 0 saturated carbocycles. The van der Waals surface area contributed by atoms with Gasteiger partial charge in [-0.15, -0.1) is 0 Å². The average Bonchev–Trinajstić information content (AvgIpc) is 2.65. The molecule has 0 bridgehead atoms. The van der Waals surface area contributed by atoms with Crippen LogP contribution in [0.3, 0.4) is 0 Å². The second-order valence-electron chi connectivity index (χ2n) is 7.26. The Balaban J connectivity index is 1.62. The second-order valence-corrected chi connectivity index (χ2v) is 7.26. The normalized spacial score (nSPS) is 26.9. The van der Waals surface area contributed by atoms with Gasteiger partial charge < -0.3 is 23.8 Å². The Morgan fingerprint density at radius 1 is 1.20 bits per heavy atom. The Hall–Kier alpha value is -1.30. The van der Waals surface area contributed by atoms with Crippen molar-refractivity contribution in [3.63, 3.8) is 0 Å². The van der Waals surface area contributed by atoms with Gasteiger partial charge in [-0.2, -0.15) is 0 Å². The highest BCUT2D eigenvalue weighted by molar-refractivity contribution is 5.42. The van der Waals surface area contributed by atoms with Crippen LogP contribution < -0.4 is 9.47 Å². The molecule has 2 aliphatic heterocycles. The van der Waals surface area contributed by atoms with Crippen molar-refractivity contribution in [2.45, 2.75) is 31.8 Å². The van der Waals surface area contributed by atoms with Crippen LogP contribution in [-0.4, -0.2) is 65.2 Å². The van der Waals surface area contributed by atoms with Crippen LogP contribution in [0.4, 0.5) is 0 Å². The van der Waals surface area contributed by atoms with Gasteiger partial charge in [0.2, 0.25) is 0 Å². The zero-order valence-corrected chi connectivity index (χ0v) is 15.8. The van der Waals surface area contributed by atoms with Gasteiger partial charge in [0.1, 0.15) is 0 Å². The van der Waals surface area contributed by atoms with Crippen LogP contribution in [0, 0.1) is 5.41 Å². The smallest absolute Gasteiger partial charge is 0.160 e. The number of hydrogen-bond acceptors (Lipinski definition) is 5. The average molecular weight is 349 g/mol. The highest BCUT2D eigenvalue weighted by atomic mass is 16.5. The summed E-state index contributed by atoms with van der Waals surface area (Å²) in [5.41, 5.74) is 1.45. The summed E-state index contributed by atoms with van der Waals surface area (Å²) in [5.74, 6) is 1.58. The van der Waals surface area contributed by atoms with Crippen LogP contribution in [0.5, 0.6) is 11.5 Å². The molecule has 2 atom stereocenters. The Bertz CT molecular complexity index is 561. The first-order valence-corrected chi connectivity index (χ1v) is 9.24. The lowest BCUT2D eigenvalue weighted by Gasteiger charge is -2.50. The summed E-state index contributed by atoms with van der Waals surface area (Å²) in [4.78, 5) is 2.57. The minimum absolute atomic E-state index is 0.169. The van der Waals surface area contributed by atoms with E-state index < -0.39 is 0 Å². The Labute approximate surface area is 151 Å². The van der Waals surface area contributed by atoms with Crippen molar-refractivity contribution in [3.05, 3.63) is 23.8 Å². The Kier molecular flexibility index (Phi) is 6.20. The second kappa shape index (κ2) is 8.39. The van der Waals surface area contributed by atoms with Gasteiger partial charge in [-0.05, 0) is 43.4 Å². The fourth-order valence-electron chi connectivity index (χ4n) is 4.39. The van der Waals surface area contributed by atoms with Crippen molar-refractivity contribution in [1.82, 2.24) is 4.90 Å². The van der Waals surface area contributed by atoms with E-state index in [2.05, 4.69) is 17.0 Å².